The molecule has 0 aliphatic rings. The summed E-state index contributed by atoms with van der Waals surface area (Å²) in [7, 11) is 4.01. The van der Waals surface area contributed by atoms with Gasteiger partial charge in [0.15, 0.2) is 0 Å². The number of rotatable bonds is 5. The molecular formula is C16H17N3O. The van der Waals surface area contributed by atoms with Crippen LogP contribution in [0.25, 0.3) is 0 Å². The first-order chi connectivity index (χ1) is 9.69. The number of ether oxygens (including phenoxy) is 1. The molecule has 0 spiro atoms. The summed E-state index contributed by atoms with van der Waals surface area (Å²) in [6.45, 7) is 3.51. The second-order valence-corrected chi connectivity index (χ2v) is 4.39. The van der Waals surface area contributed by atoms with Gasteiger partial charge in [-0.1, -0.05) is 6.58 Å². The molecule has 0 aliphatic carbocycles. The molecule has 2 aromatic carbocycles. The fourth-order valence-corrected chi connectivity index (χ4v) is 1.62. The molecule has 0 aromatic heterocycles. The summed E-state index contributed by atoms with van der Waals surface area (Å²) in [4.78, 5) is 2.04. The Kier molecular flexibility index (Phi) is 4.50. The zero-order chi connectivity index (χ0) is 14.4. The Hall–Kier alpha value is -2.62. The number of benzene rings is 2. The molecule has 0 bridgehead atoms. The molecule has 0 saturated carbocycles. The smallest absolute Gasteiger partial charge is 0.126 e. The van der Waals surface area contributed by atoms with Gasteiger partial charge in [-0.3, -0.25) is 0 Å². The van der Waals surface area contributed by atoms with Gasteiger partial charge in [-0.25, -0.2) is 0 Å². The lowest BCUT2D eigenvalue weighted by Crippen LogP contribution is -2.07. The SMILES string of the molecule is C=COc1ccc(N=Nc2ccc(N(C)C)cc2)cc1. The van der Waals surface area contributed by atoms with E-state index in [1.807, 2.05) is 67.5 Å². The first-order valence-corrected chi connectivity index (χ1v) is 6.26. The van der Waals surface area contributed by atoms with Crippen LogP contribution in [0.15, 0.2) is 71.6 Å². The molecule has 0 aliphatic heterocycles. The summed E-state index contributed by atoms with van der Waals surface area (Å²) in [6.07, 6.45) is 1.39. The fraction of sp³-hybridized carbons (Fsp3) is 0.125. The van der Waals surface area contributed by atoms with Crippen LogP contribution in [0.3, 0.4) is 0 Å². The van der Waals surface area contributed by atoms with E-state index >= 15 is 0 Å². The lowest BCUT2D eigenvalue weighted by molar-refractivity contribution is 0.483. The average molecular weight is 267 g/mol. The molecule has 102 valence electrons. The average Bonchev–Trinajstić information content (AvgIpc) is 2.47. The van der Waals surface area contributed by atoms with Crippen molar-refractivity contribution >= 4 is 17.1 Å². The molecular weight excluding hydrogens is 250 g/mol. The van der Waals surface area contributed by atoms with Crippen molar-refractivity contribution in [3.8, 4) is 5.75 Å². The van der Waals surface area contributed by atoms with Crippen LogP contribution in [0, 0.1) is 0 Å². The van der Waals surface area contributed by atoms with Crippen molar-refractivity contribution in [2.24, 2.45) is 10.2 Å². The zero-order valence-electron chi connectivity index (χ0n) is 11.7. The van der Waals surface area contributed by atoms with Gasteiger partial charge in [-0.05, 0) is 48.5 Å². The highest BCUT2D eigenvalue weighted by Crippen LogP contribution is 2.22. The third-order valence-corrected chi connectivity index (χ3v) is 2.70. The Balaban J connectivity index is 2.06. The van der Waals surface area contributed by atoms with Gasteiger partial charge in [0.25, 0.3) is 0 Å². The standard InChI is InChI=1S/C16H17N3O/c1-4-20-16-11-7-14(8-12-16)18-17-13-5-9-15(10-6-13)19(2)3/h4-12H,1H2,2-3H3. The van der Waals surface area contributed by atoms with E-state index in [4.69, 9.17) is 4.74 Å². The molecule has 0 atom stereocenters. The summed E-state index contributed by atoms with van der Waals surface area (Å²) in [6, 6.07) is 15.2. The number of hydrogen-bond acceptors (Lipinski definition) is 4. The summed E-state index contributed by atoms with van der Waals surface area (Å²) >= 11 is 0. The molecule has 4 nitrogen and oxygen atoms in total. The molecule has 4 heteroatoms. The van der Waals surface area contributed by atoms with Gasteiger partial charge in [-0.2, -0.15) is 10.2 Å². The van der Waals surface area contributed by atoms with E-state index in [2.05, 4.69) is 16.8 Å². The van der Waals surface area contributed by atoms with Crippen LogP contribution in [0.5, 0.6) is 5.75 Å². The third-order valence-electron chi connectivity index (χ3n) is 2.70. The van der Waals surface area contributed by atoms with Crippen LogP contribution in [0.4, 0.5) is 17.1 Å². The zero-order valence-corrected chi connectivity index (χ0v) is 11.7. The summed E-state index contributed by atoms with van der Waals surface area (Å²) in [5.74, 6) is 0.731. The Morgan fingerprint density at radius 2 is 1.40 bits per heavy atom. The highest BCUT2D eigenvalue weighted by molar-refractivity contribution is 5.52. The highest BCUT2D eigenvalue weighted by Gasteiger charge is 1.96. The predicted molar refractivity (Wildman–Crippen MR) is 82.2 cm³/mol. The lowest BCUT2D eigenvalue weighted by atomic mass is 10.3. The van der Waals surface area contributed by atoms with Crippen molar-refractivity contribution in [1.82, 2.24) is 0 Å². The molecule has 0 fully saturated rings. The van der Waals surface area contributed by atoms with Crippen LogP contribution in [0.2, 0.25) is 0 Å². The number of azo groups is 1. The number of hydrogen-bond donors (Lipinski definition) is 0. The maximum Gasteiger partial charge on any atom is 0.126 e. The second kappa shape index (κ2) is 6.52. The molecule has 0 amide bonds. The van der Waals surface area contributed by atoms with Gasteiger partial charge in [0.2, 0.25) is 0 Å². The topological polar surface area (TPSA) is 37.2 Å². The summed E-state index contributed by atoms with van der Waals surface area (Å²) < 4.78 is 5.15. The summed E-state index contributed by atoms with van der Waals surface area (Å²) in [5, 5.41) is 8.38. The minimum absolute atomic E-state index is 0.731. The van der Waals surface area contributed by atoms with E-state index in [1.165, 1.54) is 6.26 Å². The van der Waals surface area contributed by atoms with Crippen molar-refractivity contribution in [2.75, 3.05) is 19.0 Å². The molecule has 0 saturated heterocycles. The van der Waals surface area contributed by atoms with Crippen LogP contribution in [-0.2, 0) is 0 Å². The second-order valence-electron chi connectivity index (χ2n) is 4.39. The molecule has 2 rings (SSSR count). The van der Waals surface area contributed by atoms with E-state index in [0.29, 0.717) is 0 Å². The Bertz CT molecular complexity index is 586. The van der Waals surface area contributed by atoms with E-state index < -0.39 is 0 Å². The maximum absolute atomic E-state index is 5.15. The molecule has 0 radical (unpaired) electrons. The van der Waals surface area contributed by atoms with Gasteiger partial charge >= 0.3 is 0 Å². The largest absolute Gasteiger partial charge is 0.466 e. The lowest BCUT2D eigenvalue weighted by Gasteiger charge is -2.11. The Morgan fingerprint density at radius 1 is 0.900 bits per heavy atom. The van der Waals surface area contributed by atoms with E-state index in [0.717, 1.165) is 22.8 Å². The molecule has 2 aromatic rings. The van der Waals surface area contributed by atoms with E-state index in [1.54, 1.807) is 0 Å². The maximum atomic E-state index is 5.15. The van der Waals surface area contributed by atoms with Crippen molar-refractivity contribution in [2.45, 2.75) is 0 Å². The van der Waals surface area contributed by atoms with Gasteiger partial charge in [-0.15, -0.1) is 0 Å². The minimum Gasteiger partial charge on any atom is -0.466 e. The van der Waals surface area contributed by atoms with Gasteiger partial charge in [0.05, 0.1) is 17.6 Å². The van der Waals surface area contributed by atoms with E-state index in [-0.39, 0.29) is 0 Å². The van der Waals surface area contributed by atoms with Crippen LogP contribution < -0.4 is 9.64 Å². The molecule has 20 heavy (non-hydrogen) atoms. The van der Waals surface area contributed by atoms with E-state index in [9.17, 15) is 0 Å². The fourth-order valence-electron chi connectivity index (χ4n) is 1.62. The van der Waals surface area contributed by atoms with Crippen molar-refractivity contribution in [3.05, 3.63) is 61.4 Å². The van der Waals surface area contributed by atoms with Gasteiger partial charge in [0.1, 0.15) is 5.75 Å². The number of anilines is 1. The molecule has 0 unspecified atom stereocenters. The first-order valence-electron chi connectivity index (χ1n) is 6.26. The molecule has 0 N–H and O–H groups in total. The van der Waals surface area contributed by atoms with Crippen LogP contribution >= 0.6 is 0 Å². The van der Waals surface area contributed by atoms with Crippen LogP contribution in [0.1, 0.15) is 0 Å². The monoisotopic (exact) mass is 267 g/mol. The summed E-state index contributed by atoms with van der Waals surface area (Å²) in [5.41, 5.74) is 2.73. The number of nitrogens with zero attached hydrogens (tertiary/aromatic N) is 3. The van der Waals surface area contributed by atoms with Gasteiger partial charge < -0.3 is 9.64 Å². The third kappa shape index (κ3) is 3.68. The van der Waals surface area contributed by atoms with Crippen LogP contribution in [-0.4, -0.2) is 14.1 Å². The quantitative estimate of drug-likeness (QED) is 0.582. The van der Waals surface area contributed by atoms with Crippen molar-refractivity contribution in [3.63, 3.8) is 0 Å². The Morgan fingerprint density at radius 3 is 1.85 bits per heavy atom. The molecule has 0 heterocycles. The minimum atomic E-state index is 0.731. The highest BCUT2D eigenvalue weighted by atomic mass is 16.5. The van der Waals surface area contributed by atoms with Crippen molar-refractivity contribution in [1.29, 1.82) is 0 Å². The Labute approximate surface area is 119 Å². The van der Waals surface area contributed by atoms with Gasteiger partial charge in [0, 0.05) is 19.8 Å². The predicted octanol–water partition coefficient (Wildman–Crippen LogP) is 4.69. The van der Waals surface area contributed by atoms with Crippen molar-refractivity contribution < 1.29 is 4.74 Å². The normalized spacial score (nSPS) is 10.5. The first kappa shape index (κ1) is 13.8.